The summed E-state index contributed by atoms with van der Waals surface area (Å²) < 4.78 is 5.38. The van der Waals surface area contributed by atoms with Crippen molar-refractivity contribution in [3.05, 3.63) is 70.6 Å². The fraction of sp³-hybridized carbons (Fsp3) is 0.261. The van der Waals surface area contributed by atoms with E-state index in [-0.39, 0.29) is 0 Å². The molecule has 1 amide bonds. The lowest BCUT2D eigenvalue weighted by Gasteiger charge is -2.17. The van der Waals surface area contributed by atoms with Crippen molar-refractivity contribution in [2.24, 2.45) is 0 Å². The van der Waals surface area contributed by atoms with Gasteiger partial charge in [0, 0.05) is 10.9 Å². The Bertz CT molecular complexity index is 1030. The molecule has 0 radical (unpaired) electrons. The SMILES string of the molecule is C[C@H](OC(=O)c1ccc2c(c1)CCCC2)C(=O)Nc1nc(-c2ccccc2)cs1. The van der Waals surface area contributed by atoms with Crippen LogP contribution in [0.2, 0.25) is 0 Å². The molecular weight excluding hydrogens is 384 g/mol. The van der Waals surface area contributed by atoms with E-state index in [2.05, 4.69) is 10.3 Å². The number of fused-ring (bicyclic) bond motifs is 1. The summed E-state index contributed by atoms with van der Waals surface area (Å²) in [5.41, 5.74) is 4.78. The van der Waals surface area contributed by atoms with Gasteiger partial charge in [-0.05, 0) is 55.9 Å². The highest BCUT2D eigenvalue weighted by atomic mass is 32.1. The second kappa shape index (κ2) is 8.57. The van der Waals surface area contributed by atoms with Crippen molar-refractivity contribution in [1.82, 2.24) is 4.98 Å². The molecule has 1 N–H and O–H groups in total. The molecule has 29 heavy (non-hydrogen) atoms. The Morgan fingerprint density at radius 2 is 1.83 bits per heavy atom. The van der Waals surface area contributed by atoms with Crippen LogP contribution in [0.3, 0.4) is 0 Å². The normalized spacial score (nSPS) is 14.0. The first kappa shape index (κ1) is 19.3. The molecule has 0 unspecified atom stereocenters. The summed E-state index contributed by atoms with van der Waals surface area (Å²) in [5.74, 6) is -0.879. The van der Waals surface area contributed by atoms with Gasteiger partial charge in [0.25, 0.3) is 5.91 Å². The van der Waals surface area contributed by atoms with Crippen LogP contribution in [0.15, 0.2) is 53.9 Å². The molecule has 4 rings (SSSR count). The van der Waals surface area contributed by atoms with E-state index in [1.54, 1.807) is 13.0 Å². The summed E-state index contributed by atoms with van der Waals surface area (Å²) in [4.78, 5) is 29.3. The molecule has 1 atom stereocenters. The second-order valence-electron chi connectivity index (χ2n) is 7.13. The number of carbonyl (C=O) groups is 2. The van der Waals surface area contributed by atoms with Gasteiger partial charge in [0.15, 0.2) is 11.2 Å². The summed E-state index contributed by atoms with van der Waals surface area (Å²) in [6.07, 6.45) is 3.46. The van der Waals surface area contributed by atoms with Gasteiger partial charge in [-0.2, -0.15) is 0 Å². The number of carbonyl (C=O) groups excluding carboxylic acids is 2. The molecule has 0 fully saturated rings. The van der Waals surface area contributed by atoms with E-state index >= 15 is 0 Å². The number of hydrogen-bond donors (Lipinski definition) is 1. The van der Waals surface area contributed by atoms with Gasteiger partial charge in [0.05, 0.1) is 11.3 Å². The smallest absolute Gasteiger partial charge is 0.338 e. The third-order valence-corrected chi connectivity index (χ3v) is 5.80. The number of nitrogens with one attached hydrogen (secondary N) is 1. The van der Waals surface area contributed by atoms with E-state index in [4.69, 9.17) is 4.74 Å². The molecule has 1 aliphatic rings. The maximum atomic E-state index is 12.5. The van der Waals surface area contributed by atoms with Crippen molar-refractivity contribution < 1.29 is 14.3 Å². The van der Waals surface area contributed by atoms with Crippen LogP contribution in [0.25, 0.3) is 11.3 Å². The first-order valence-electron chi connectivity index (χ1n) is 9.75. The number of anilines is 1. The molecule has 0 bridgehead atoms. The van der Waals surface area contributed by atoms with Gasteiger partial charge in [-0.15, -0.1) is 11.3 Å². The number of thiazole rings is 1. The zero-order valence-electron chi connectivity index (χ0n) is 16.2. The molecule has 1 heterocycles. The van der Waals surface area contributed by atoms with Crippen molar-refractivity contribution in [1.29, 1.82) is 0 Å². The number of ether oxygens (including phenoxy) is 1. The molecule has 2 aromatic carbocycles. The molecule has 148 valence electrons. The molecule has 0 saturated carbocycles. The van der Waals surface area contributed by atoms with Crippen LogP contribution in [0.5, 0.6) is 0 Å². The highest BCUT2D eigenvalue weighted by molar-refractivity contribution is 7.14. The molecule has 1 aliphatic carbocycles. The lowest BCUT2D eigenvalue weighted by Crippen LogP contribution is -2.30. The van der Waals surface area contributed by atoms with E-state index in [1.807, 2.05) is 47.8 Å². The van der Waals surface area contributed by atoms with E-state index in [0.717, 1.165) is 30.5 Å². The van der Waals surface area contributed by atoms with Crippen LogP contribution in [-0.4, -0.2) is 23.0 Å². The van der Waals surface area contributed by atoms with Crippen LogP contribution >= 0.6 is 11.3 Å². The first-order valence-corrected chi connectivity index (χ1v) is 10.6. The summed E-state index contributed by atoms with van der Waals surface area (Å²) in [5, 5.41) is 5.09. The maximum absolute atomic E-state index is 12.5. The predicted molar refractivity (Wildman–Crippen MR) is 114 cm³/mol. The van der Waals surface area contributed by atoms with E-state index in [9.17, 15) is 9.59 Å². The number of rotatable bonds is 5. The van der Waals surface area contributed by atoms with Crippen molar-refractivity contribution >= 4 is 28.3 Å². The average Bonchev–Trinajstić information content (AvgIpc) is 3.22. The number of esters is 1. The van der Waals surface area contributed by atoms with Crippen LogP contribution in [0, 0.1) is 0 Å². The number of hydrogen-bond acceptors (Lipinski definition) is 5. The van der Waals surface area contributed by atoms with Crippen molar-refractivity contribution in [3.8, 4) is 11.3 Å². The van der Waals surface area contributed by atoms with Gasteiger partial charge in [-0.25, -0.2) is 9.78 Å². The topological polar surface area (TPSA) is 68.3 Å². The number of aryl methyl sites for hydroxylation is 2. The lowest BCUT2D eigenvalue weighted by atomic mass is 9.90. The predicted octanol–water partition coefficient (Wildman–Crippen LogP) is 4.87. The molecule has 6 heteroatoms. The minimum Gasteiger partial charge on any atom is -0.449 e. The van der Waals surface area contributed by atoms with Crippen molar-refractivity contribution in [2.45, 2.75) is 38.7 Å². The van der Waals surface area contributed by atoms with E-state index in [0.29, 0.717) is 10.7 Å². The fourth-order valence-corrected chi connectivity index (χ4v) is 4.14. The Morgan fingerprint density at radius 1 is 1.07 bits per heavy atom. The fourth-order valence-electron chi connectivity index (χ4n) is 3.42. The summed E-state index contributed by atoms with van der Waals surface area (Å²) >= 11 is 1.34. The Labute approximate surface area is 173 Å². The minimum atomic E-state index is -0.914. The maximum Gasteiger partial charge on any atom is 0.338 e. The first-order chi connectivity index (χ1) is 14.1. The van der Waals surface area contributed by atoms with Crippen LogP contribution in [0.4, 0.5) is 5.13 Å². The third kappa shape index (κ3) is 4.54. The van der Waals surface area contributed by atoms with E-state index in [1.165, 1.54) is 28.9 Å². The zero-order chi connectivity index (χ0) is 20.2. The number of amides is 1. The van der Waals surface area contributed by atoms with Gasteiger partial charge in [0.1, 0.15) is 0 Å². The van der Waals surface area contributed by atoms with Gasteiger partial charge < -0.3 is 4.74 Å². The van der Waals surface area contributed by atoms with Crippen LogP contribution in [-0.2, 0) is 22.4 Å². The molecular formula is C23H22N2O3S. The molecule has 0 spiro atoms. The summed E-state index contributed by atoms with van der Waals surface area (Å²) in [6.45, 7) is 1.57. The Hall–Kier alpha value is -2.99. The van der Waals surface area contributed by atoms with Gasteiger partial charge in [0.2, 0.25) is 0 Å². The highest BCUT2D eigenvalue weighted by Gasteiger charge is 2.21. The monoisotopic (exact) mass is 406 g/mol. The van der Waals surface area contributed by atoms with E-state index < -0.39 is 18.0 Å². The molecule has 5 nitrogen and oxygen atoms in total. The second-order valence-corrected chi connectivity index (χ2v) is 7.99. The minimum absolute atomic E-state index is 0.398. The van der Waals surface area contributed by atoms with Gasteiger partial charge in [-0.1, -0.05) is 36.4 Å². The van der Waals surface area contributed by atoms with Crippen molar-refractivity contribution in [3.63, 3.8) is 0 Å². The number of nitrogens with zero attached hydrogens (tertiary/aromatic N) is 1. The van der Waals surface area contributed by atoms with Crippen molar-refractivity contribution in [2.75, 3.05) is 5.32 Å². The molecule has 1 aromatic heterocycles. The Morgan fingerprint density at radius 3 is 2.62 bits per heavy atom. The number of benzene rings is 2. The zero-order valence-corrected chi connectivity index (χ0v) is 17.0. The van der Waals surface area contributed by atoms with Gasteiger partial charge >= 0.3 is 5.97 Å². The molecule has 0 aliphatic heterocycles. The molecule has 3 aromatic rings. The number of aromatic nitrogens is 1. The largest absolute Gasteiger partial charge is 0.449 e. The standard InChI is InChI=1S/C23H22N2O3S/c1-15(28-22(27)19-12-11-16-7-5-6-10-18(16)13-19)21(26)25-23-24-20(14-29-23)17-8-3-2-4-9-17/h2-4,8-9,11-15H,5-7,10H2,1H3,(H,24,25,26)/t15-/m0/s1. The average molecular weight is 407 g/mol. The summed E-state index contributed by atoms with van der Waals surface area (Å²) in [7, 11) is 0. The summed E-state index contributed by atoms with van der Waals surface area (Å²) in [6, 6.07) is 15.4. The highest BCUT2D eigenvalue weighted by Crippen LogP contribution is 2.25. The van der Waals surface area contributed by atoms with Crippen LogP contribution < -0.4 is 5.32 Å². The quantitative estimate of drug-likeness (QED) is 0.614. The van der Waals surface area contributed by atoms with Crippen LogP contribution in [0.1, 0.15) is 41.3 Å². The Kier molecular flexibility index (Phi) is 5.71. The molecule has 0 saturated heterocycles. The Balaban J connectivity index is 1.37. The lowest BCUT2D eigenvalue weighted by molar-refractivity contribution is -0.123. The third-order valence-electron chi connectivity index (χ3n) is 5.04. The van der Waals surface area contributed by atoms with Gasteiger partial charge in [-0.3, -0.25) is 10.1 Å².